The summed E-state index contributed by atoms with van der Waals surface area (Å²) in [7, 11) is 0. The minimum absolute atomic E-state index is 0.180. The van der Waals surface area contributed by atoms with Crippen LogP contribution in [0.5, 0.6) is 0 Å². The van der Waals surface area contributed by atoms with Crippen LogP contribution >= 0.6 is 0 Å². The maximum absolute atomic E-state index is 11.2. The van der Waals surface area contributed by atoms with Crippen LogP contribution in [-0.4, -0.2) is 47.1 Å². The summed E-state index contributed by atoms with van der Waals surface area (Å²) in [5, 5.41) is 9.54. The van der Waals surface area contributed by atoms with E-state index < -0.39 is 35.3 Å². The second-order valence-electron chi connectivity index (χ2n) is 4.51. The van der Waals surface area contributed by atoms with Crippen LogP contribution in [0.25, 0.3) is 0 Å². The first-order valence-electron chi connectivity index (χ1n) is 4.83. The number of esters is 1. The highest BCUT2D eigenvalue weighted by molar-refractivity contribution is 6.65. The number of aliphatic hydroxyl groups excluding tert-OH is 1. The molecule has 0 saturated carbocycles. The number of ketones is 2. The maximum Gasteiger partial charge on any atom is 0.383 e. The molecule has 16 heavy (non-hydrogen) atoms. The number of cyclic esters (lactones) is 1. The summed E-state index contributed by atoms with van der Waals surface area (Å²) in [6, 6.07) is 0. The predicted molar refractivity (Wildman–Crippen MR) is 51.6 cm³/mol. The fraction of sp³-hybridized carbons (Fsp3) is 0.700. The largest absolute Gasteiger partial charge is 0.445 e. The van der Waals surface area contributed by atoms with Crippen molar-refractivity contribution in [2.24, 2.45) is 0 Å². The average molecular weight is 230 g/mol. The Bertz CT molecular complexity index is 327. The molecule has 0 spiro atoms. The van der Waals surface area contributed by atoms with Gasteiger partial charge in [0.1, 0.15) is 6.10 Å². The van der Waals surface area contributed by atoms with Gasteiger partial charge in [0.25, 0.3) is 5.78 Å². The number of carbonyl (C=O) groups is 3. The molecule has 0 aromatic carbocycles. The summed E-state index contributed by atoms with van der Waals surface area (Å²) in [5.74, 6) is -3.46. The number of hydrogen-bond donors (Lipinski definition) is 1. The third-order valence-corrected chi connectivity index (χ3v) is 1.94. The topological polar surface area (TPSA) is 89.9 Å². The van der Waals surface area contributed by atoms with Gasteiger partial charge in [0.2, 0.25) is 0 Å². The molecule has 1 heterocycles. The highest BCUT2D eigenvalue weighted by atomic mass is 16.6. The molecule has 0 amide bonds. The SMILES string of the molecule is CC(C)(C)OC[C@H](O)[C@H]1OC(=O)C(=O)C1=O. The van der Waals surface area contributed by atoms with Crippen LogP contribution in [0, 0.1) is 0 Å². The third-order valence-electron chi connectivity index (χ3n) is 1.94. The van der Waals surface area contributed by atoms with E-state index in [2.05, 4.69) is 4.74 Å². The monoisotopic (exact) mass is 230 g/mol. The lowest BCUT2D eigenvalue weighted by molar-refractivity contribution is -0.154. The van der Waals surface area contributed by atoms with Gasteiger partial charge in [-0.2, -0.15) is 0 Å². The predicted octanol–water partition coefficient (Wildman–Crippen LogP) is -0.774. The summed E-state index contributed by atoms with van der Waals surface area (Å²) in [6.07, 6.45) is -2.75. The number of rotatable bonds is 3. The zero-order valence-corrected chi connectivity index (χ0v) is 9.35. The van der Waals surface area contributed by atoms with Crippen LogP contribution in [0.1, 0.15) is 20.8 Å². The van der Waals surface area contributed by atoms with Crippen molar-refractivity contribution >= 4 is 17.5 Å². The Morgan fingerprint density at radius 1 is 1.38 bits per heavy atom. The number of Topliss-reactive ketones (excluding diaryl/α,β-unsaturated/α-hetero) is 2. The first kappa shape index (κ1) is 12.8. The lowest BCUT2D eigenvalue weighted by Gasteiger charge is -2.23. The summed E-state index contributed by atoms with van der Waals surface area (Å²) >= 11 is 0. The minimum Gasteiger partial charge on any atom is -0.445 e. The first-order chi connectivity index (χ1) is 7.22. The van der Waals surface area contributed by atoms with Crippen molar-refractivity contribution in [3.63, 3.8) is 0 Å². The molecule has 0 unspecified atom stereocenters. The molecule has 1 aliphatic heterocycles. The van der Waals surface area contributed by atoms with Crippen LogP contribution in [0.3, 0.4) is 0 Å². The number of carbonyl (C=O) groups excluding carboxylic acids is 3. The van der Waals surface area contributed by atoms with E-state index in [0.29, 0.717) is 0 Å². The summed E-state index contributed by atoms with van der Waals surface area (Å²) in [4.78, 5) is 32.8. The van der Waals surface area contributed by atoms with Crippen molar-refractivity contribution in [2.75, 3.05) is 6.61 Å². The lowest BCUT2D eigenvalue weighted by atomic mass is 10.1. The van der Waals surface area contributed by atoms with E-state index in [4.69, 9.17) is 4.74 Å². The fourth-order valence-electron chi connectivity index (χ4n) is 1.13. The normalized spacial score (nSPS) is 23.5. The number of ether oxygens (including phenoxy) is 2. The van der Waals surface area contributed by atoms with Crippen LogP contribution in [0.2, 0.25) is 0 Å². The molecule has 1 saturated heterocycles. The van der Waals surface area contributed by atoms with Gasteiger partial charge in [0.05, 0.1) is 12.2 Å². The van der Waals surface area contributed by atoms with Gasteiger partial charge in [-0.15, -0.1) is 0 Å². The molecule has 90 valence electrons. The van der Waals surface area contributed by atoms with Gasteiger partial charge in [-0.25, -0.2) is 4.79 Å². The van der Waals surface area contributed by atoms with Gasteiger partial charge in [0, 0.05) is 0 Å². The fourth-order valence-corrected chi connectivity index (χ4v) is 1.13. The molecular formula is C10H14O6. The molecule has 1 aliphatic rings. The molecular weight excluding hydrogens is 216 g/mol. The Morgan fingerprint density at radius 2 is 1.94 bits per heavy atom. The zero-order chi connectivity index (χ0) is 12.5. The Hall–Kier alpha value is -1.27. The van der Waals surface area contributed by atoms with Crippen LogP contribution in [-0.2, 0) is 23.9 Å². The van der Waals surface area contributed by atoms with E-state index in [1.807, 2.05) is 0 Å². The zero-order valence-electron chi connectivity index (χ0n) is 9.35. The smallest absolute Gasteiger partial charge is 0.383 e. The second-order valence-corrected chi connectivity index (χ2v) is 4.51. The van der Waals surface area contributed by atoms with Crippen molar-refractivity contribution in [1.82, 2.24) is 0 Å². The van der Waals surface area contributed by atoms with Crippen LogP contribution in [0.4, 0.5) is 0 Å². The maximum atomic E-state index is 11.2. The molecule has 0 bridgehead atoms. The highest BCUT2D eigenvalue weighted by Gasteiger charge is 2.46. The minimum atomic E-state index is -1.43. The van der Waals surface area contributed by atoms with Gasteiger partial charge in [-0.3, -0.25) is 9.59 Å². The van der Waals surface area contributed by atoms with E-state index in [9.17, 15) is 19.5 Å². The average Bonchev–Trinajstić information content (AvgIpc) is 2.41. The van der Waals surface area contributed by atoms with E-state index in [-0.39, 0.29) is 6.61 Å². The Balaban J connectivity index is 2.56. The number of aliphatic hydroxyl groups is 1. The Kier molecular flexibility index (Phi) is 3.44. The molecule has 0 radical (unpaired) electrons. The van der Waals surface area contributed by atoms with Crippen LogP contribution in [0.15, 0.2) is 0 Å². The second kappa shape index (κ2) is 4.31. The quantitative estimate of drug-likeness (QED) is 0.505. The van der Waals surface area contributed by atoms with Gasteiger partial charge in [0.15, 0.2) is 6.10 Å². The third kappa shape index (κ3) is 2.86. The Morgan fingerprint density at radius 3 is 2.31 bits per heavy atom. The van der Waals surface area contributed by atoms with Crippen LogP contribution < -0.4 is 0 Å². The van der Waals surface area contributed by atoms with E-state index in [0.717, 1.165) is 0 Å². The molecule has 6 nitrogen and oxygen atoms in total. The highest BCUT2D eigenvalue weighted by Crippen LogP contribution is 2.14. The molecule has 1 rings (SSSR count). The van der Waals surface area contributed by atoms with Gasteiger partial charge >= 0.3 is 11.8 Å². The standard InChI is InChI=1S/C10H14O6/c1-10(2,3)15-4-5(11)8-6(12)7(13)9(14)16-8/h5,8,11H,4H2,1-3H3/t5-,8+/m0/s1. The molecule has 6 heteroatoms. The van der Waals surface area contributed by atoms with Crippen molar-refractivity contribution < 1.29 is 29.0 Å². The summed E-state index contributed by atoms with van der Waals surface area (Å²) < 4.78 is 9.66. The van der Waals surface area contributed by atoms with Gasteiger partial charge < -0.3 is 14.6 Å². The van der Waals surface area contributed by atoms with E-state index in [1.165, 1.54) is 0 Å². The van der Waals surface area contributed by atoms with Crippen molar-refractivity contribution in [2.45, 2.75) is 38.6 Å². The van der Waals surface area contributed by atoms with Gasteiger partial charge in [-0.1, -0.05) is 0 Å². The summed E-state index contributed by atoms with van der Waals surface area (Å²) in [5.41, 5.74) is -0.489. The molecule has 0 aromatic heterocycles. The van der Waals surface area contributed by atoms with Crippen molar-refractivity contribution in [3.8, 4) is 0 Å². The first-order valence-corrected chi connectivity index (χ1v) is 4.83. The van der Waals surface area contributed by atoms with E-state index in [1.54, 1.807) is 20.8 Å². The number of hydrogen-bond acceptors (Lipinski definition) is 6. The molecule has 1 fully saturated rings. The van der Waals surface area contributed by atoms with E-state index >= 15 is 0 Å². The molecule has 0 aromatic rings. The van der Waals surface area contributed by atoms with Crippen molar-refractivity contribution in [1.29, 1.82) is 0 Å². The molecule has 0 aliphatic carbocycles. The summed E-state index contributed by atoms with van der Waals surface area (Å²) in [6.45, 7) is 5.13. The molecule has 2 atom stereocenters. The van der Waals surface area contributed by atoms with Gasteiger partial charge in [-0.05, 0) is 20.8 Å². The molecule has 1 N–H and O–H groups in total. The Labute approximate surface area is 92.5 Å². The lowest BCUT2D eigenvalue weighted by Crippen LogP contribution is -2.38. The van der Waals surface area contributed by atoms with Crippen molar-refractivity contribution in [3.05, 3.63) is 0 Å².